The van der Waals surface area contributed by atoms with E-state index < -0.39 is 0 Å². The molecule has 0 aliphatic carbocycles. The number of aromatic nitrogens is 3. The van der Waals surface area contributed by atoms with Gasteiger partial charge < -0.3 is 5.11 Å². The predicted molar refractivity (Wildman–Crippen MR) is 65.1 cm³/mol. The van der Waals surface area contributed by atoms with Crippen molar-refractivity contribution in [3.8, 4) is 17.0 Å². The molecule has 5 heteroatoms. The summed E-state index contributed by atoms with van der Waals surface area (Å²) < 4.78 is 1.86. The van der Waals surface area contributed by atoms with Crippen molar-refractivity contribution in [2.45, 2.75) is 0 Å². The topological polar surface area (TPSA) is 50.4 Å². The Morgan fingerprint density at radius 3 is 2.65 bits per heavy atom. The molecular formula is C12H8ClN3O. The Labute approximate surface area is 102 Å². The quantitative estimate of drug-likeness (QED) is 0.717. The number of imidazole rings is 1. The van der Waals surface area contributed by atoms with Gasteiger partial charge in [-0.15, -0.1) is 0 Å². The molecule has 17 heavy (non-hydrogen) atoms. The van der Waals surface area contributed by atoms with Crippen LogP contribution in [0.5, 0.6) is 5.75 Å². The van der Waals surface area contributed by atoms with Crippen LogP contribution in [0.1, 0.15) is 0 Å². The van der Waals surface area contributed by atoms with Gasteiger partial charge in [-0.1, -0.05) is 11.6 Å². The maximum atomic E-state index is 9.26. The number of nitrogens with zero attached hydrogens (tertiary/aromatic N) is 3. The van der Waals surface area contributed by atoms with Crippen LogP contribution in [0.15, 0.2) is 42.9 Å². The van der Waals surface area contributed by atoms with E-state index in [4.69, 9.17) is 11.6 Å². The summed E-state index contributed by atoms with van der Waals surface area (Å²) >= 11 is 5.95. The van der Waals surface area contributed by atoms with Crippen molar-refractivity contribution in [1.29, 1.82) is 0 Å². The smallest absolute Gasteiger partial charge is 0.175 e. The third kappa shape index (κ3) is 1.62. The molecule has 0 atom stereocenters. The summed E-state index contributed by atoms with van der Waals surface area (Å²) in [5, 5.41) is 9.63. The Hall–Kier alpha value is -2.07. The van der Waals surface area contributed by atoms with E-state index in [1.54, 1.807) is 30.7 Å². The van der Waals surface area contributed by atoms with E-state index in [1.165, 1.54) is 0 Å². The summed E-state index contributed by atoms with van der Waals surface area (Å²) in [6.45, 7) is 0. The molecule has 3 aromatic rings. The Bertz CT molecular complexity index is 676. The summed E-state index contributed by atoms with van der Waals surface area (Å²) in [4.78, 5) is 8.19. The number of hydrogen-bond acceptors (Lipinski definition) is 3. The molecule has 0 aliphatic heterocycles. The number of fused-ring (bicyclic) bond motifs is 1. The maximum absolute atomic E-state index is 9.26. The lowest BCUT2D eigenvalue weighted by Gasteiger charge is -2.02. The van der Waals surface area contributed by atoms with Crippen LogP contribution in [0.4, 0.5) is 0 Å². The average molecular weight is 246 g/mol. The Morgan fingerprint density at radius 1 is 1.12 bits per heavy atom. The SMILES string of the molecule is Oc1ccc(-c2cnc3c(Cl)nccn23)cc1. The average Bonchev–Trinajstić information content (AvgIpc) is 2.75. The first-order valence-corrected chi connectivity index (χ1v) is 5.40. The second-order valence-electron chi connectivity index (χ2n) is 3.60. The van der Waals surface area contributed by atoms with Crippen molar-refractivity contribution in [1.82, 2.24) is 14.4 Å². The van der Waals surface area contributed by atoms with Crippen molar-refractivity contribution in [3.63, 3.8) is 0 Å². The Morgan fingerprint density at radius 2 is 1.88 bits per heavy atom. The van der Waals surface area contributed by atoms with E-state index >= 15 is 0 Å². The molecule has 0 bridgehead atoms. The summed E-state index contributed by atoms with van der Waals surface area (Å²) in [6.07, 6.45) is 5.16. The fourth-order valence-electron chi connectivity index (χ4n) is 1.73. The van der Waals surface area contributed by atoms with Gasteiger partial charge in [0.05, 0.1) is 11.9 Å². The van der Waals surface area contributed by atoms with Crippen LogP contribution >= 0.6 is 11.6 Å². The highest BCUT2D eigenvalue weighted by molar-refractivity contribution is 6.32. The van der Waals surface area contributed by atoms with E-state index in [0.717, 1.165) is 11.3 Å². The van der Waals surface area contributed by atoms with Crippen LogP contribution in [0.2, 0.25) is 5.15 Å². The minimum Gasteiger partial charge on any atom is -0.508 e. The molecule has 0 unspecified atom stereocenters. The Kier molecular flexibility index (Phi) is 2.23. The first kappa shape index (κ1) is 10.1. The molecule has 0 amide bonds. The molecule has 3 rings (SSSR count). The molecule has 0 saturated carbocycles. The van der Waals surface area contributed by atoms with Gasteiger partial charge >= 0.3 is 0 Å². The van der Waals surface area contributed by atoms with Gasteiger partial charge in [0.25, 0.3) is 0 Å². The van der Waals surface area contributed by atoms with Crippen molar-refractivity contribution in [2.75, 3.05) is 0 Å². The minimum absolute atomic E-state index is 0.238. The number of phenolic OH excluding ortho intramolecular Hbond substituents is 1. The molecule has 0 aliphatic rings. The fraction of sp³-hybridized carbons (Fsp3) is 0. The first-order valence-electron chi connectivity index (χ1n) is 5.02. The van der Waals surface area contributed by atoms with Crippen LogP contribution in [0.25, 0.3) is 16.9 Å². The van der Waals surface area contributed by atoms with Crippen molar-refractivity contribution in [2.24, 2.45) is 0 Å². The number of benzene rings is 1. The van der Waals surface area contributed by atoms with Gasteiger partial charge in [0.1, 0.15) is 5.75 Å². The lowest BCUT2D eigenvalue weighted by molar-refractivity contribution is 0.475. The van der Waals surface area contributed by atoms with E-state index in [9.17, 15) is 5.11 Å². The second-order valence-corrected chi connectivity index (χ2v) is 3.96. The van der Waals surface area contributed by atoms with Gasteiger partial charge in [-0.25, -0.2) is 9.97 Å². The molecule has 1 aromatic carbocycles. The van der Waals surface area contributed by atoms with Gasteiger partial charge in [-0.2, -0.15) is 0 Å². The van der Waals surface area contributed by atoms with Crippen LogP contribution < -0.4 is 0 Å². The maximum Gasteiger partial charge on any atom is 0.175 e. The van der Waals surface area contributed by atoms with Gasteiger partial charge in [0.15, 0.2) is 10.8 Å². The van der Waals surface area contributed by atoms with Crippen molar-refractivity contribution in [3.05, 3.63) is 48.0 Å². The van der Waals surface area contributed by atoms with Gasteiger partial charge in [0, 0.05) is 18.0 Å². The summed E-state index contributed by atoms with van der Waals surface area (Å²) in [7, 11) is 0. The monoisotopic (exact) mass is 245 g/mol. The summed E-state index contributed by atoms with van der Waals surface area (Å²) in [6, 6.07) is 6.93. The number of aromatic hydroxyl groups is 1. The third-order valence-corrected chi connectivity index (χ3v) is 2.81. The highest BCUT2D eigenvalue weighted by Crippen LogP contribution is 2.24. The number of halogens is 1. The highest BCUT2D eigenvalue weighted by Gasteiger charge is 2.08. The van der Waals surface area contributed by atoms with Gasteiger partial charge in [0.2, 0.25) is 0 Å². The zero-order valence-electron chi connectivity index (χ0n) is 8.71. The molecule has 4 nitrogen and oxygen atoms in total. The normalized spacial score (nSPS) is 10.9. The molecule has 0 spiro atoms. The molecular weight excluding hydrogens is 238 g/mol. The fourth-order valence-corrected chi connectivity index (χ4v) is 1.93. The molecule has 84 valence electrons. The standard InChI is InChI=1S/C12H8ClN3O/c13-11-12-15-7-10(16(12)6-5-14-11)8-1-3-9(17)4-2-8/h1-7,17H. The molecule has 2 aromatic heterocycles. The van der Waals surface area contributed by atoms with E-state index in [1.807, 2.05) is 16.5 Å². The predicted octanol–water partition coefficient (Wildman–Crippen LogP) is 2.76. The summed E-state index contributed by atoms with van der Waals surface area (Å²) in [5.74, 6) is 0.238. The van der Waals surface area contributed by atoms with Crippen molar-refractivity contribution < 1.29 is 5.11 Å². The van der Waals surface area contributed by atoms with Crippen LogP contribution in [0, 0.1) is 0 Å². The van der Waals surface area contributed by atoms with E-state index in [-0.39, 0.29) is 5.75 Å². The van der Waals surface area contributed by atoms with Gasteiger partial charge in [-0.05, 0) is 24.3 Å². The lowest BCUT2D eigenvalue weighted by atomic mass is 10.1. The number of phenols is 1. The zero-order valence-corrected chi connectivity index (χ0v) is 9.46. The molecule has 0 fully saturated rings. The van der Waals surface area contributed by atoms with Crippen LogP contribution in [-0.2, 0) is 0 Å². The molecule has 0 radical (unpaired) electrons. The Balaban J connectivity index is 2.24. The minimum atomic E-state index is 0.238. The van der Waals surface area contributed by atoms with Crippen LogP contribution in [-0.4, -0.2) is 19.5 Å². The van der Waals surface area contributed by atoms with E-state index in [2.05, 4.69) is 9.97 Å². The second kappa shape index (κ2) is 3.75. The number of rotatable bonds is 1. The summed E-state index contributed by atoms with van der Waals surface area (Å²) in [5.41, 5.74) is 2.49. The molecule has 2 heterocycles. The highest BCUT2D eigenvalue weighted by atomic mass is 35.5. The zero-order chi connectivity index (χ0) is 11.8. The van der Waals surface area contributed by atoms with Gasteiger partial charge in [-0.3, -0.25) is 4.40 Å². The first-order chi connectivity index (χ1) is 8.25. The largest absolute Gasteiger partial charge is 0.508 e. The van der Waals surface area contributed by atoms with Crippen LogP contribution in [0.3, 0.4) is 0 Å². The van der Waals surface area contributed by atoms with Crippen molar-refractivity contribution >= 4 is 17.2 Å². The van der Waals surface area contributed by atoms with E-state index in [0.29, 0.717) is 10.8 Å². The molecule has 1 N–H and O–H groups in total. The number of hydrogen-bond donors (Lipinski definition) is 1. The molecule has 0 saturated heterocycles. The third-order valence-electron chi connectivity index (χ3n) is 2.55. The lowest BCUT2D eigenvalue weighted by Crippen LogP contribution is -1.89.